The van der Waals surface area contributed by atoms with Gasteiger partial charge in [0.1, 0.15) is 11.9 Å². The number of nitrogens with zero attached hydrogens (tertiary/aromatic N) is 2. The molecule has 1 heterocycles. The minimum atomic E-state index is -0.773. The molecule has 0 unspecified atom stereocenters. The Balaban J connectivity index is 2.23. The Hall–Kier alpha value is -2.18. The molecule has 0 saturated heterocycles. The van der Waals surface area contributed by atoms with Gasteiger partial charge in [-0.1, -0.05) is 12.8 Å². The molecule has 1 aromatic heterocycles. The number of carboxylic acids is 1. The Morgan fingerprint density at radius 2 is 2.11 bits per heavy atom. The molecule has 0 saturated carbocycles. The molecule has 0 spiro atoms. The third-order valence-electron chi connectivity index (χ3n) is 2.63. The van der Waals surface area contributed by atoms with Gasteiger partial charge in [-0.15, -0.1) is 0 Å². The lowest BCUT2D eigenvalue weighted by molar-refractivity contribution is -0.384. The van der Waals surface area contributed by atoms with Crippen molar-refractivity contribution in [2.45, 2.75) is 32.1 Å². The lowest BCUT2D eigenvalue weighted by Gasteiger charge is -2.06. The fourth-order valence-electron chi connectivity index (χ4n) is 1.66. The fraction of sp³-hybridized carbons (Fsp3) is 0.500. The Morgan fingerprint density at radius 3 is 2.79 bits per heavy atom. The summed E-state index contributed by atoms with van der Waals surface area (Å²) in [6.45, 7) is 0.623. The summed E-state index contributed by atoms with van der Waals surface area (Å²) in [6, 6.07) is 1.57. The lowest BCUT2D eigenvalue weighted by Crippen LogP contribution is -2.04. The second kappa shape index (κ2) is 8.02. The SMILES string of the molecule is O=C(O)CCCCCCNc1ccncc1[N+](=O)[O-]. The number of carbonyl (C=O) groups is 1. The highest BCUT2D eigenvalue weighted by atomic mass is 16.6. The number of nitrogens with one attached hydrogen (secondary N) is 1. The van der Waals surface area contributed by atoms with E-state index in [0.29, 0.717) is 18.7 Å². The van der Waals surface area contributed by atoms with E-state index in [1.54, 1.807) is 6.07 Å². The zero-order valence-electron chi connectivity index (χ0n) is 10.5. The van der Waals surface area contributed by atoms with E-state index in [2.05, 4.69) is 10.3 Å². The van der Waals surface area contributed by atoms with Crippen LogP contribution < -0.4 is 5.32 Å². The van der Waals surface area contributed by atoms with E-state index in [4.69, 9.17) is 5.11 Å². The van der Waals surface area contributed by atoms with Crippen LogP contribution in [0.1, 0.15) is 32.1 Å². The predicted octanol–water partition coefficient (Wildman–Crippen LogP) is 2.44. The van der Waals surface area contributed by atoms with Crippen LogP contribution in [0, 0.1) is 10.1 Å². The molecule has 0 aliphatic rings. The lowest BCUT2D eigenvalue weighted by atomic mass is 10.1. The van der Waals surface area contributed by atoms with Crippen molar-refractivity contribution in [2.24, 2.45) is 0 Å². The van der Waals surface area contributed by atoms with E-state index in [9.17, 15) is 14.9 Å². The van der Waals surface area contributed by atoms with Crippen LogP contribution in [0.2, 0.25) is 0 Å². The number of aliphatic carboxylic acids is 1. The van der Waals surface area contributed by atoms with E-state index in [0.717, 1.165) is 19.3 Å². The molecular formula is C12H17N3O4. The van der Waals surface area contributed by atoms with E-state index in [1.165, 1.54) is 12.4 Å². The quantitative estimate of drug-likeness (QED) is 0.404. The van der Waals surface area contributed by atoms with Crippen LogP contribution in [0.5, 0.6) is 0 Å². The first-order chi connectivity index (χ1) is 9.11. The maximum atomic E-state index is 10.7. The summed E-state index contributed by atoms with van der Waals surface area (Å²) < 4.78 is 0. The van der Waals surface area contributed by atoms with E-state index in [-0.39, 0.29) is 12.1 Å². The minimum Gasteiger partial charge on any atom is -0.481 e. The number of rotatable bonds is 9. The van der Waals surface area contributed by atoms with Gasteiger partial charge >= 0.3 is 11.7 Å². The molecule has 0 bridgehead atoms. The molecule has 0 aromatic carbocycles. The zero-order chi connectivity index (χ0) is 14.1. The number of carboxylic acid groups (broad SMARTS) is 1. The number of pyridine rings is 1. The Kier molecular flexibility index (Phi) is 6.28. The number of anilines is 1. The molecule has 0 atom stereocenters. The number of aromatic nitrogens is 1. The predicted molar refractivity (Wildman–Crippen MR) is 70.1 cm³/mol. The van der Waals surface area contributed by atoms with Crippen molar-refractivity contribution in [1.82, 2.24) is 4.98 Å². The van der Waals surface area contributed by atoms with Crippen molar-refractivity contribution in [3.8, 4) is 0 Å². The molecule has 0 fully saturated rings. The van der Waals surface area contributed by atoms with Crippen molar-refractivity contribution >= 4 is 17.3 Å². The van der Waals surface area contributed by atoms with Gasteiger partial charge in [-0.2, -0.15) is 0 Å². The summed E-state index contributed by atoms with van der Waals surface area (Å²) >= 11 is 0. The van der Waals surface area contributed by atoms with Gasteiger partial charge in [0.15, 0.2) is 0 Å². The molecule has 7 heteroatoms. The summed E-state index contributed by atoms with van der Waals surface area (Å²) in [5.41, 5.74) is 0.430. The number of hydrogen-bond acceptors (Lipinski definition) is 5. The standard InChI is InChI=1S/C12H17N3O4/c16-12(17)5-3-1-2-4-7-14-10-6-8-13-9-11(10)15(18)19/h6,8-9H,1-5,7H2,(H,13,14)(H,16,17). The smallest absolute Gasteiger partial charge is 0.310 e. The van der Waals surface area contributed by atoms with Crippen molar-refractivity contribution in [3.63, 3.8) is 0 Å². The second-order valence-electron chi connectivity index (χ2n) is 4.13. The summed E-state index contributed by atoms with van der Waals surface area (Å²) in [4.78, 5) is 24.3. The van der Waals surface area contributed by atoms with Crippen LogP contribution >= 0.6 is 0 Å². The molecule has 2 N–H and O–H groups in total. The first-order valence-corrected chi connectivity index (χ1v) is 6.15. The Morgan fingerprint density at radius 1 is 1.37 bits per heavy atom. The van der Waals surface area contributed by atoms with Gasteiger partial charge in [0, 0.05) is 19.2 Å². The van der Waals surface area contributed by atoms with E-state index >= 15 is 0 Å². The summed E-state index contributed by atoms with van der Waals surface area (Å²) in [5, 5.41) is 22.2. The van der Waals surface area contributed by atoms with Gasteiger partial charge in [-0.25, -0.2) is 0 Å². The summed E-state index contributed by atoms with van der Waals surface area (Å²) in [6.07, 6.45) is 6.19. The molecule has 0 aliphatic heterocycles. The van der Waals surface area contributed by atoms with Crippen molar-refractivity contribution < 1.29 is 14.8 Å². The molecule has 0 radical (unpaired) electrons. The monoisotopic (exact) mass is 267 g/mol. The maximum Gasteiger partial charge on any atom is 0.310 e. The van der Waals surface area contributed by atoms with Gasteiger partial charge in [-0.3, -0.25) is 19.9 Å². The number of unbranched alkanes of at least 4 members (excludes halogenated alkanes) is 3. The van der Waals surface area contributed by atoms with Crippen LogP contribution in [0.15, 0.2) is 18.5 Å². The molecule has 7 nitrogen and oxygen atoms in total. The van der Waals surface area contributed by atoms with Crippen molar-refractivity contribution in [2.75, 3.05) is 11.9 Å². The maximum absolute atomic E-state index is 10.7. The number of nitro groups is 1. The van der Waals surface area contributed by atoms with Gasteiger partial charge < -0.3 is 10.4 Å². The molecular weight excluding hydrogens is 250 g/mol. The molecule has 19 heavy (non-hydrogen) atoms. The first-order valence-electron chi connectivity index (χ1n) is 6.15. The molecule has 1 aromatic rings. The molecule has 0 amide bonds. The highest BCUT2D eigenvalue weighted by molar-refractivity contribution is 5.66. The van der Waals surface area contributed by atoms with Gasteiger partial charge in [0.25, 0.3) is 0 Å². The topological polar surface area (TPSA) is 105 Å². The van der Waals surface area contributed by atoms with Crippen LogP contribution in [0.3, 0.4) is 0 Å². The third-order valence-corrected chi connectivity index (χ3v) is 2.63. The molecule has 1 rings (SSSR count). The average Bonchev–Trinajstić information content (AvgIpc) is 2.37. The molecule has 104 valence electrons. The summed E-state index contributed by atoms with van der Waals surface area (Å²) in [7, 11) is 0. The third kappa shape index (κ3) is 5.80. The number of hydrogen-bond donors (Lipinski definition) is 2. The zero-order valence-corrected chi connectivity index (χ0v) is 10.5. The van der Waals surface area contributed by atoms with Gasteiger partial charge in [0.05, 0.1) is 4.92 Å². The Labute approximate surface area is 110 Å². The van der Waals surface area contributed by atoms with Crippen molar-refractivity contribution in [1.29, 1.82) is 0 Å². The minimum absolute atomic E-state index is 0.0339. The molecule has 0 aliphatic carbocycles. The van der Waals surface area contributed by atoms with Crippen LogP contribution in [-0.4, -0.2) is 27.5 Å². The van der Waals surface area contributed by atoms with Gasteiger partial charge in [0.2, 0.25) is 0 Å². The van der Waals surface area contributed by atoms with Gasteiger partial charge in [-0.05, 0) is 18.9 Å². The van der Waals surface area contributed by atoms with Crippen molar-refractivity contribution in [3.05, 3.63) is 28.6 Å². The van der Waals surface area contributed by atoms with Crippen LogP contribution in [-0.2, 0) is 4.79 Å². The average molecular weight is 267 g/mol. The first kappa shape index (κ1) is 14.9. The fourth-order valence-corrected chi connectivity index (χ4v) is 1.66. The Bertz CT molecular complexity index is 437. The normalized spacial score (nSPS) is 10.1. The largest absolute Gasteiger partial charge is 0.481 e. The highest BCUT2D eigenvalue weighted by Crippen LogP contribution is 2.21. The highest BCUT2D eigenvalue weighted by Gasteiger charge is 2.11. The van der Waals surface area contributed by atoms with E-state index < -0.39 is 10.9 Å². The van der Waals surface area contributed by atoms with E-state index in [1.807, 2.05) is 0 Å². The van der Waals surface area contributed by atoms with Crippen LogP contribution in [0.4, 0.5) is 11.4 Å². The summed E-state index contributed by atoms with van der Waals surface area (Å²) in [5.74, 6) is -0.773. The second-order valence-corrected chi connectivity index (χ2v) is 4.13. The van der Waals surface area contributed by atoms with Crippen LogP contribution in [0.25, 0.3) is 0 Å².